The van der Waals surface area contributed by atoms with E-state index in [4.69, 9.17) is 4.42 Å². The summed E-state index contributed by atoms with van der Waals surface area (Å²) in [5.74, 6) is 0.865. The smallest absolute Gasteiger partial charge is 0.254 e. The molecular formula is C19H21N3O3. The van der Waals surface area contributed by atoms with E-state index in [1.165, 1.54) is 0 Å². The fraction of sp³-hybridized carbons (Fsp3) is 0.421. The highest BCUT2D eigenvalue weighted by molar-refractivity contribution is 5.95. The van der Waals surface area contributed by atoms with Crippen LogP contribution in [0.15, 0.2) is 41.1 Å². The Labute approximate surface area is 146 Å². The van der Waals surface area contributed by atoms with Crippen LogP contribution in [0.3, 0.4) is 0 Å². The molecule has 6 nitrogen and oxygen atoms in total. The molecule has 0 spiro atoms. The van der Waals surface area contributed by atoms with E-state index in [1.807, 2.05) is 15.9 Å². The summed E-state index contributed by atoms with van der Waals surface area (Å²) < 4.78 is 5.36. The Hall–Kier alpha value is -2.63. The topological polar surface area (TPSA) is 66.7 Å². The van der Waals surface area contributed by atoms with Crippen LogP contribution in [0.1, 0.15) is 36.0 Å². The maximum absolute atomic E-state index is 12.9. The van der Waals surface area contributed by atoms with E-state index in [1.54, 1.807) is 30.7 Å². The first-order valence-corrected chi connectivity index (χ1v) is 8.81. The highest BCUT2D eigenvalue weighted by Crippen LogP contribution is 2.24. The molecule has 4 heterocycles. The summed E-state index contributed by atoms with van der Waals surface area (Å²) in [5.41, 5.74) is 1.26. The summed E-state index contributed by atoms with van der Waals surface area (Å²) in [5, 5.41) is 0. The number of piperidine rings is 1. The number of carbonyl (C=O) groups is 2. The van der Waals surface area contributed by atoms with Gasteiger partial charge in [-0.05, 0) is 43.5 Å². The summed E-state index contributed by atoms with van der Waals surface area (Å²) in [6.45, 7) is 2.17. The summed E-state index contributed by atoms with van der Waals surface area (Å²) in [7, 11) is 0. The fourth-order valence-corrected chi connectivity index (χ4v) is 3.75. The van der Waals surface area contributed by atoms with Crippen LogP contribution in [0.4, 0.5) is 0 Å². The lowest BCUT2D eigenvalue weighted by molar-refractivity contribution is -0.130. The van der Waals surface area contributed by atoms with Gasteiger partial charge in [0.1, 0.15) is 5.69 Å². The van der Waals surface area contributed by atoms with Gasteiger partial charge in [-0.3, -0.25) is 14.6 Å². The van der Waals surface area contributed by atoms with Gasteiger partial charge in [-0.15, -0.1) is 0 Å². The third-order valence-corrected chi connectivity index (χ3v) is 5.02. The van der Waals surface area contributed by atoms with Gasteiger partial charge in [-0.1, -0.05) is 0 Å². The molecule has 0 aliphatic carbocycles. The van der Waals surface area contributed by atoms with Gasteiger partial charge in [0.05, 0.1) is 6.26 Å². The van der Waals surface area contributed by atoms with Crippen LogP contribution >= 0.6 is 0 Å². The number of nitrogens with zero attached hydrogens (tertiary/aromatic N) is 3. The van der Waals surface area contributed by atoms with E-state index < -0.39 is 0 Å². The lowest BCUT2D eigenvalue weighted by Crippen LogP contribution is -2.50. The van der Waals surface area contributed by atoms with E-state index in [2.05, 4.69) is 4.98 Å². The van der Waals surface area contributed by atoms with E-state index in [0.29, 0.717) is 30.0 Å². The summed E-state index contributed by atoms with van der Waals surface area (Å²) in [4.78, 5) is 33.0. The Kier molecular flexibility index (Phi) is 4.26. The number of amides is 2. The lowest BCUT2D eigenvalue weighted by Gasteiger charge is -2.37. The average Bonchev–Trinajstić information content (AvgIpc) is 3.33. The minimum atomic E-state index is -0.00782. The van der Waals surface area contributed by atoms with Crippen molar-refractivity contribution in [1.82, 2.24) is 14.8 Å². The summed E-state index contributed by atoms with van der Waals surface area (Å²) in [6, 6.07) is 7.28. The van der Waals surface area contributed by atoms with Gasteiger partial charge in [0.25, 0.3) is 5.91 Å². The average molecular weight is 339 g/mol. The summed E-state index contributed by atoms with van der Waals surface area (Å²) in [6.07, 6.45) is 6.70. The van der Waals surface area contributed by atoms with Gasteiger partial charge in [0, 0.05) is 43.9 Å². The number of likely N-dealkylation sites (tertiary alicyclic amines) is 2. The molecule has 0 bridgehead atoms. The number of aromatic nitrogens is 1. The number of pyridine rings is 1. The standard InChI is InChI=1S/C19H21N3O3/c23-18-6-2-10-22(18)15-4-1-9-21(13-15)19(24)14-7-8-20-16(12-14)17-5-3-11-25-17/h3,5,7-8,11-12,15H,1-2,4,6,9-10,13H2. The zero-order valence-electron chi connectivity index (χ0n) is 14.1. The van der Waals surface area contributed by atoms with E-state index in [0.717, 1.165) is 32.4 Å². The molecule has 0 radical (unpaired) electrons. The molecule has 25 heavy (non-hydrogen) atoms. The quantitative estimate of drug-likeness (QED) is 0.862. The van der Waals surface area contributed by atoms with Gasteiger partial charge in [0.15, 0.2) is 5.76 Å². The predicted octanol–water partition coefficient (Wildman–Crippen LogP) is 2.57. The van der Waals surface area contributed by atoms with Crippen molar-refractivity contribution in [2.24, 2.45) is 0 Å². The molecule has 130 valence electrons. The van der Waals surface area contributed by atoms with Crippen molar-refractivity contribution in [2.45, 2.75) is 31.7 Å². The minimum Gasteiger partial charge on any atom is -0.463 e. The van der Waals surface area contributed by atoms with Crippen LogP contribution in [0, 0.1) is 0 Å². The van der Waals surface area contributed by atoms with E-state index in [9.17, 15) is 9.59 Å². The highest BCUT2D eigenvalue weighted by Gasteiger charge is 2.33. The predicted molar refractivity (Wildman–Crippen MR) is 91.8 cm³/mol. The third-order valence-electron chi connectivity index (χ3n) is 5.02. The normalized spacial score (nSPS) is 21.0. The monoisotopic (exact) mass is 339 g/mol. The molecule has 0 aromatic carbocycles. The second kappa shape index (κ2) is 6.70. The molecule has 2 aliphatic rings. The zero-order chi connectivity index (χ0) is 17.2. The molecule has 2 fully saturated rings. The fourth-order valence-electron chi connectivity index (χ4n) is 3.75. The molecule has 2 aromatic rings. The first-order valence-electron chi connectivity index (χ1n) is 8.81. The van der Waals surface area contributed by atoms with Crippen molar-refractivity contribution in [2.75, 3.05) is 19.6 Å². The molecule has 1 atom stereocenters. The Balaban J connectivity index is 1.50. The molecule has 2 aliphatic heterocycles. The van der Waals surface area contributed by atoms with E-state index in [-0.39, 0.29) is 17.9 Å². The number of hydrogen-bond acceptors (Lipinski definition) is 4. The van der Waals surface area contributed by atoms with Gasteiger partial charge in [-0.2, -0.15) is 0 Å². The number of hydrogen-bond donors (Lipinski definition) is 0. The minimum absolute atomic E-state index is 0.00782. The van der Waals surface area contributed by atoms with Crippen LogP contribution < -0.4 is 0 Å². The van der Waals surface area contributed by atoms with Gasteiger partial charge in [-0.25, -0.2) is 0 Å². The molecule has 0 saturated carbocycles. The van der Waals surface area contributed by atoms with Crippen molar-refractivity contribution in [1.29, 1.82) is 0 Å². The first kappa shape index (κ1) is 15.9. The maximum atomic E-state index is 12.9. The first-order chi connectivity index (χ1) is 12.2. The maximum Gasteiger partial charge on any atom is 0.254 e. The largest absolute Gasteiger partial charge is 0.463 e. The Morgan fingerprint density at radius 3 is 2.92 bits per heavy atom. The third kappa shape index (κ3) is 3.16. The molecular weight excluding hydrogens is 318 g/mol. The SMILES string of the molecule is O=C(c1ccnc(-c2ccco2)c1)N1CCCC(N2CCCC2=O)C1. The van der Waals surface area contributed by atoms with Gasteiger partial charge >= 0.3 is 0 Å². The van der Waals surface area contributed by atoms with Crippen molar-refractivity contribution < 1.29 is 14.0 Å². The molecule has 6 heteroatoms. The van der Waals surface area contributed by atoms with Crippen LogP contribution in [0.25, 0.3) is 11.5 Å². The molecule has 2 aromatic heterocycles. The lowest BCUT2D eigenvalue weighted by atomic mass is 10.0. The number of furan rings is 1. The Morgan fingerprint density at radius 1 is 1.24 bits per heavy atom. The van der Waals surface area contributed by atoms with Crippen LogP contribution in [-0.4, -0.2) is 52.3 Å². The number of rotatable bonds is 3. The molecule has 1 unspecified atom stereocenters. The van der Waals surface area contributed by atoms with E-state index >= 15 is 0 Å². The highest BCUT2D eigenvalue weighted by atomic mass is 16.3. The van der Waals surface area contributed by atoms with Gasteiger partial charge < -0.3 is 14.2 Å². The second-order valence-corrected chi connectivity index (χ2v) is 6.64. The van der Waals surface area contributed by atoms with Crippen molar-refractivity contribution in [3.63, 3.8) is 0 Å². The van der Waals surface area contributed by atoms with Crippen molar-refractivity contribution in [3.05, 3.63) is 42.3 Å². The Bertz CT molecular complexity index is 772. The van der Waals surface area contributed by atoms with Crippen molar-refractivity contribution in [3.8, 4) is 11.5 Å². The molecule has 2 amide bonds. The van der Waals surface area contributed by atoms with Gasteiger partial charge in [0.2, 0.25) is 5.91 Å². The second-order valence-electron chi connectivity index (χ2n) is 6.64. The van der Waals surface area contributed by atoms with Crippen LogP contribution in [0.2, 0.25) is 0 Å². The molecule has 0 N–H and O–H groups in total. The number of carbonyl (C=O) groups excluding carboxylic acids is 2. The van der Waals surface area contributed by atoms with Crippen LogP contribution in [-0.2, 0) is 4.79 Å². The zero-order valence-corrected chi connectivity index (χ0v) is 14.1. The molecule has 2 saturated heterocycles. The van der Waals surface area contributed by atoms with Crippen LogP contribution in [0.5, 0.6) is 0 Å². The van der Waals surface area contributed by atoms with Crippen molar-refractivity contribution >= 4 is 11.8 Å². The Morgan fingerprint density at radius 2 is 2.16 bits per heavy atom. The molecule has 4 rings (SSSR count). The summed E-state index contributed by atoms with van der Waals surface area (Å²) >= 11 is 0.